The third kappa shape index (κ3) is 2.02. The third-order valence-corrected chi connectivity index (χ3v) is 2.00. The van der Waals surface area contributed by atoms with Crippen molar-refractivity contribution in [2.75, 3.05) is 7.05 Å². The van der Waals surface area contributed by atoms with Crippen LogP contribution in [0, 0.1) is 5.82 Å². The van der Waals surface area contributed by atoms with Crippen LogP contribution in [0.4, 0.5) is 4.39 Å². The van der Waals surface area contributed by atoms with Crippen molar-refractivity contribution in [1.82, 2.24) is 15.5 Å². The van der Waals surface area contributed by atoms with Gasteiger partial charge >= 0.3 is 0 Å². The lowest BCUT2D eigenvalue weighted by Crippen LogP contribution is -2.05. The molecule has 1 N–H and O–H groups in total. The third-order valence-electron chi connectivity index (χ3n) is 2.00. The second-order valence-electron chi connectivity index (χ2n) is 3.09. The molecule has 0 saturated heterocycles. The van der Waals surface area contributed by atoms with Crippen molar-refractivity contribution in [2.24, 2.45) is 0 Å². The van der Waals surface area contributed by atoms with Crippen LogP contribution < -0.4 is 5.32 Å². The molecular weight excluding hydrogens is 197 g/mol. The molecule has 0 amide bonds. The normalized spacial score (nSPS) is 10.5. The number of halogens is 1. The molecule has 1 aromatic carbocycles. The summed E-state index contributed by atoms with van der Waals surface area (Å²) in [6.07, 6.45) is 1.18. The zero-order valence-electron chi connectivity index (χ0n) is 8.20. The van der Waals surface area contributed by atoms with Crippen molar-refractivity contribution in [1.29, 1.82) is 0 Å². The SMILES string of the molecule is CNCc1ccc(-c2nnco2)c(F)c1. The summed E-state index contributed by atoms with van der Waals surface area (Å²) in [4.78, 5) is 0. The lowest BCUT2D eigenvalue weighted by atomic mass is 10.1. The zero-order valence-corrected chi connectivity index (χ0v) is 8.20. The lowest BCUT2D eigenvalue weighted by molar-refractivity contribution is 0.557. The Bertz CT molecular complexity index is 442. The summed E-state index contributed by atoms with van der Waals surface area (Å²) in [5, 5.41) is 10.1. The average molecular weight is 207 g/mol. The topological polar surface area (TPSA) is 51.0 Å². The Hall–Kier alpha value is -1.75. The maximum absolute atomic E-state index is 13.6. The van der Waals surface area contributed by atoms with E-state index in [9.17, 15) is 4.39 Å². The van der Waals surface area contributed by atoms with E-state index < -0.39 is 0 Å². The Kier molecular flexibility index (Phi) is 2.73. The van der Waals surface area contributed by atoms with Crippen LogP contribution in [0.2, 0.25) is 0 Å². The predicted octanol–water partition coefficient (Wildman–Crippen LogP) is 1.60. The fraction of sp³-hybridized carbons (Fsp3) is 0.200. The second kappa shape index (κ2) is 4.18. The quantitative estimate of drug-likeness (QED) is 0.830. The highest BCUT2D eigenvalue weighted by Crippen LogP contribution is 2.21. The largest absolute Gasteiger partial charge is 0.423 e. The Morgan fingerprint density at radius 3 is 2.93 bits per heavy atom. The predicted molar refractivity (Wildman–Crippen MR) is 52.5 cm³/mol. The van der Waals surface area contributed by atoms with Crippen molar-refractivity contribution in [3.8, 4) is 11.5 Å². The van der Waals surface area contributed by atoms with E-state index in [-0.39, 0.29) is 11.7 Å². The first-order chi connectivity index (χ1) is 7.31. The van der Waals surface area contributed by atoms with E-state index in [1.165, 1.54) is 12.5 Å². The summed E-state index contributed by atoms with van der Waals surface area (Å²) in [5.41, 5.74) is 1.20. The molecule has 2 rings (SSSR count). The lowest BCUT2D eigenvalue weighted by Gasteiger charge is -2.02. The fourth-order valence-corrected chi connectivity index (χ4v) is 1.34. The molecule has 0 radical (unpaired) electrons. The molecule has 5 heteroatoms. The number of hydrogen-bond acceptors (Lipinski definition) is 4. The van der Waals surface area contributed by atoms with Crippen LogP contribution in [-0.2, 0) is 6.54 Å². The number of nitrogens with one attached hydrogen (secondary N) is 1. The number of benzene rings is 1. The first-order valence-electron chi connectivity index (χ1n) is 4.51. The van der Waals surface area contributed by atoms with Gasteiger partial charge in [0.2, 0.25) is 12.3 Å². The standard InChI is InChI=1S/C10H10FN3O/c1-12-5-7-2-3-8(9(11)4-7)10-14-13-6-15-10/h2-4,6,12H,5H2,1H3. The Balaban J connectivity index is 2.35. The van der Waals surface area contributed by atoms with Crippen LogP contribution in [-0.4, -0.2) is 17.2 Å². The van der Waals surface area contributed by atoms with Gasteiger partial charge in [-0.05, 0) is 24.7 Å². The minimum atomic E-state index is -0.355. The van der Waals surface area contributed by atoms with Crippen LogP contribution in [0.15, 0.2) is 29.0 Å². The van der Waals surface area contributed by atoms with Crippen LogP contribution in [0.3, 0.4) is 0 Å². The van der Waals surface area contributed by atoms with Gasteiger partial charge in [0.05, 0.1) is 5.56 Å². The first-order valence-corrected chi connectivity index (χ1v) is 4.51. The molecule has 0 aliphatic rings. The van der Waals surface area contributed by atoms with Gasteiger partial charge in [0.25, 0.3) is 0 Å². The molecule has 0 atom stereocenters. The second-order valence-corrected chi connectivity index (χ2v) is 3.09. The molecule has 0 spiro atoms. The molecule has 1 aromatic heterocycles. The molecule has 4 nitrogen and oxygen atoms in total. The van der Waals surface area contributed by atoms with Gasteiger partial charge in [-0.25, -0.2) is 4.39 Å². The van der Waals surface area contributed by atoms with Crippen LogP contribution >= 0.6 is 0 Å². The molecule has 0 unspecified atom stereocenters. The molecular formula is C10H10FN3O. The number of nitrogens with zero attached hydrogens (tertiary/aromatic N) is 2. The number of hydrogen-bond donors (Lipinski definition) is 1. The van der Waals surface area contributed by atoms with Crippen LogP contribution in [0.1, 0.15) is 5.56 Å². The van der Waals surface area contributed by atoms with Crippen molar-refractivity contribution >= 4 is 0 Å². The monoisotopic (exact) mass is 207 g/mol. The van der Waals surface area contributed by atoms with Gasteiger partial charge in [0, 0.05) is 6.54 Å². The molecule has 0 saturated carbocycles. The molecule has 2 aromatic rings. The number of rotatable bonds is 3. The number of aromatic nitrogens is 2. The van der Waals surface area contributed by atoms with E-state index in [1.54, 1.807) is 6.07 Å². The molecule has 1 heterocycles. The van der Waals surface area contributed by atoms with Crippen molar-refractivity contribution < 1.29 is 8.81 Å². The minimum absolute atomic E-state index is 0.198. The summed E-state index contributed by atoms with van der Waals surface area (Å²) in [6.45, 7) is 0.626. The highest BCUT2D eigenvalue weighted by molar-refractivity contribution is 5.54. The Labute approximate surface area is 86.1 Å². The molecule has 78 valence electrons. The fourth-order valence-electron chi connectivity index (χ4n) is 1.34. The molecule has 0 bridgehead atoms. The van der Waals surface area contributed by atoms with Crippen LogP contribution in [0.25, 0.3) is 11.5 Å². The van der Waals surface area contributed by atoms with Gasteiger partial charge in [0.1, 0.15) is 5.82 Å². The van der Waals surface area contributed by atoms with Crippen molar-refractivity contribution in [3.05, 3.63) is 36.0 Å². The van der Waals surface area contributed by atoms with E-state index in [0.29, 0.717) is 12.1 Å². The Morgan fingerprint density at radius 1 is 1.47 bits per heavy atom. The Morgan fingerprint density at radius 2 is 2.33 bits per heavy atom. The van der Waals surface area contributed by atoms with E-state index in [0.717, 1.165) is 5.56 Å². The summed E-state index contributed by atoms with van der Waals surface area (Å²) in [5.74, 6) is -0.157. The van der Waals surface area contributed by atoms with E-state index in [2.05, 4.69) is 15.5 Å². The first kappa shape index (κ1) is 9.79. The summed E-state index contributed by atoms with van der Waals surface area (Å²) >= 11 is 0. The average Bonchev–Trinajstić information content (AvgIpc) is 2.71. The molecule has 0 fully saturated rings. The van der Waals surface area contributed by atoms with Gasteiger partial charge in [-0.15, -0.1) is 10.2 Å². The van der Waals surface area contributed by atoms with Crippen molar-refractivity contribution in [2.45, 2.75) is 6.54 Å². The van der Waals surface area contributed by atoms with Gasteiger partial charge in [-0.1, -0.05) is 6.07 Å². The van der Waals surface area contributed by atoms with Gasteiger partial charge in [0.15, 0.2) is 0 Å². The summed E-state index contributed by atoms with van der Waals surface area (Å²) < 4.78 is 18.5. The van der Waals surface area contributed by atoms with Gasteiger partial charge in [-0.2, -0.15) is 0 Å². The zero-order chi connectivity index (χ0) is 10.7. The maximum atomic E-state index is 13.6. The summed E-state index contributed by atoms with van der Waals surface area (Å²) in [7, 11) is 1.81. The minimum Gasteiger partial charge on any atom is -0.423 e. The van der Waals surface area contributed by atoms with Crippen molar-refractivity contribution in [3.63, 3.8) is 0 Å². The van der Waals surface area contributed by atoms with E-state index in [4.69, 9.17) is 4.42 Å². The van der Waals surface area contributed by atoms with Crippen LogP contribution in [0.5, 0.6) is 0 Å². The smallest absolute Gasteiger partial charge is 0.250 e. The van der Waals surface area contributed by atoms with Gasteiger partial charge < -0.3 is 9.73 Å². The van der Waals surface area contributed by atoms with E-state index >= 15 is 0 Å². The molecule has 15 heavy (non-hydrogen) atoms. The molecule has 0 aliphatic carbocycles. The van der Waals surface area contributed by atoms with E-state index in [1.807, 2.05) is 13.1 Å². The van der Waals surface area contributed by atoms with Gasteiger partial charge in [-0.3, -0.25) is 0 Å². The highest BCUT2D eigenvalue weighted by Gasteiger charge is 2.10. The maximum Gasteiger partial charge on any atom is 0.250 e. The highest BCUT2D eigenvalue weighted by atomic mass is 19.1. The summed E-state index contributed by atoms with van der Waals surface area (Å²) in [6, 6.07) is 4.91. The molecule has 0 aliphatic heterocycles.